The lowest BCUT2D eigenvalue weighted by atomic mass is 10.4. The first-order valence-electron chi connectivity index (χ1n) is 3.86. The fraction of sp³-hybridized carbons (Fsp3) is 0.375. The molecule has 0 saturated heterocycles. The molecule has 2 nitrogen and oxygen atoms in total. The molecule has 1 aromatic heterocycles. The number of anilines is 1. The summed E-state index contributed by atoms with van der Waals surface area (Å²) < 4.78 is 2.45. The molecule has 1 unspecified atom stereocenters. The number of pyridine rings is 1. The molecule has 2 heterocycles. The van der Waals surface area contributed by atoms with Gasteiger partial charge in [-0.05, 0) is 12.3 Å². The Balaban J connectivity index is 2.40. The average molecular weight is 234 g/mol. The molecular weight excluding hydrogens is 224 g/mol. The first kappa shape index (κ1) is 9.49. The monoisotopic (exact) mass is 233 g/mol. The SMILES string of the molecule is CSC1Nc2c(cc(Cl)c[n+]2C)S1. The number of hydrogen-bond donors (Lipinski definition) is 1. The lowest BCUT2D eigenvalue weighted by molar-refractivity contribution is -0.658. The Morgan fingerprint density at radius 3 is 3.15 bits per heavy atom. The van der Waals surface area contributed by atoms with Crippen LogP contribution in [0.5, 0.6) is 0 Å². The second kappa shape index (κ2) is 3.59. The van der Waals surface area contributed by atoms with Crippen LogP contribution in [0.1, 0.15) is 0 Å². The Hall–Kier alpha value is -0.0600. The molecule has 13 heavy (non-hydrogen) atoms. The summed E-state index contributed by atoms with van der Waals surface area (Å²) in [6, 6.07) is 2.00. The third kappa shape index (κ3) is 1.75. The van der Waals surface area contributed by atoms with E-state index in [2.05, 4.69) is 11.6 Å². The predicted molar refractivity (Wildman–Crippen MR) is 59.4 cm³/mol. The third-order valence-electron chi connectivity index (χ3n) is 1.87. The van der Waals surface area contributed by atoms with E-state index in [1.54, 1.807) is 11.8 Å². The maximum atomic E-state index is 5.95. The molecule has 2 rings (SSSR count). The van der Waals surface area contributed by atoms with E-state index in [9.17, 15) is 0 Å². The van der Waals surface area contributed by atoms with E-state index in [1.165, 1.54) is 4.90 Å². The van der Waals surface area contributed by atoms with Gasteiger partial charge in [-0.15, -0.1) is 11.8 Å². The van der Waals surface area contributed by atoms with Crippen LogP contribution in [0.25, 0.3) is 0 Å². The first-order chi connectivity index (χ1) is 6.20. The van der Waals surface area contributed by atoms with Crippen molar-refractivity contribution in [3.05, 3.63) is 17.3 Å². The number of hydrogen-bond acceptors (Lipinski definition) is 3. The van der Waals surface area contributed by atoms with Crippen LogP contribution in [-0.4, -0.2) is 11.0 Å². The topological polar surface area (TPSA) is 15.9 Å². The molecule has 0 fully saturated rings. The minimum atomic E-state index is 0.416. The quantitative estimate of drug-likeness (QED) is 0.750. The van der Waals surface area contributed by atoms with Crippen LogP contribution >= 0.6 is 35.1 Å². The van der Waals surface area contributed by atoms with Crippen molar-refractivity contribution in [3.8, 4) is 0 Å². The lowest BCUT2D eigenvalue weighted by Gasteiger charge is -1.99. The Bertz CT molecular complexity index is 343. The number of aryl methyl sites for hydroxylation is 1. The summed E-state index contributed by atoms with van der Waals surface area (Å²) in [7, 11) is 2.00. The normalized spacial score (nSPS) is 19.8. The van der Waals surface area contributed by atoms with E-state index >= 15 is 0 Å². The van der Waals surface area contributed by atoms with Gasteiger partial charge in [-0.25, -0.2) is 4.57 Å². The second-order valence-electron chi connectivity index (χ2n) is 2.81. The van der Waals surface area contributed by atoms with Gasteiger partial charge in [0.1, 0.15) is 11.1 Å². The molecule has 1 N–H and O–H groups in total. The lowest BCUT2D eigenvalue weighted by Crippen LogP contribution is -2.31. The van der Waals surface area contributed by atoms with Crippen molar-refractivity contribution in [2.45, 2.75) is 9.60 Å². The number of nitrogens with one attached hydrogen (secondary N) is 1. The van der Waals surface area contributed by atoms with Crippen molar-refractivity contribution in [3.63, 3.8) is 0 Å². The van der Waals surface area contributed by atoms with Crippen molar-refractivity contribution in [1.82, 2.24) is 0 Å². The Labute approximate surface area is 91.0 Å². The molecule has 0 aliphatic carbocycles. The fourth-order valence-corrected chi connectivity index (χ4v) is 3.44. The Morgan fingerprint density at radius 2 is 2.46 bits per heavy atom. The van der Waals surface area contributed by atoms with Gasteiger partial charge in [0.2, 0.25) is 0 Å². The average Bonchev–Trinajstić information content (AvgIpc) is 2.47. The summed E-state index contributed by atoms with van der Waals surface area (Å²) in [4.78, 5) is 1.23. The molecule has 1 atom stereocenters. The zero-order valence-electron chi connectivity index (χ0n) is 7.37. The number of thioether (sulfide) groups is 2. The molecule has 0 bridgehead atoms. The Kier molecular flexibility index (Phi) is 2.62. The number of fused-ring (bicyclic) bond motifs is 1. The number of halogens is 1. The number of nitrogens with zero attached hydrogens (tertiary/aromatic N) is 1. The highest BCUT2D eigenvalue weighted by Gasteiger charge is 2.29. The van der Waals surface area contributed by atoms with Gasteiger partial charge in [-0.3, -0.25) is 5.32 Å². The van der Waals surface area contributed by atoms with Crippen LogP contribution in [-0.2, 0) is 7.05 Å². The zero-order valence-corrected chi connectivity index (χ0v) is 9.76. The smallest absolute Gasteiger partial charge is 0.252 e. The van der Waals surface area contributed by atoms with Crippen LogP contribution in [0.2, 0.25) is 5.02 Å². The van der Waals surface area contributed by atoms with Crippen molar-refractivity contribution in [1.29, 1.82) is 0 Å². The van der Waals surface area contributed by atoms with E-state index in [4.69, 9.17) is 11.6 Å². The van der Waals surface area contributed by atoms with Crippen molar-refractivity contribution < 1.29 is 4.57 Å². The summed E-state index contributed by atoms with van der Waals surface area (Å²) in [5.74, 6) is 1.16. The number of rotatable bonds is 1. The van der Waals surface area contributed by atoms with Gasteiger partial charge in [-0.2, -0.15) is 0 Å². The molecule has 70 valence electrons. The molecule has 1 aliphatic heterocycles. The van der Waals surface area contributed by atoms with E-state index < -0.39 is 0 Å². The summed E-state index contributed by atoms with van der Waals surface area (Å²) in [5, 5.41) is 4.20. The summed E-state index contributed by atoms with van der Waals surface area (Å²) in [6.07, 6.45) is 4.01. The van der Waals surface area contributed by atoms with Crippen LogP contribution in [0.3, 0.4) is 0 Å². The first-order valence-corrected chi connectivity index (χ1v) is 6.40. The minimum Gasteiger partial charge on any atom is -0.252 e. The van der Waals surface area contributed by atoms with Crippen LogP contribution in [0.4, 0.5) is 5.82 Å². The largest absolute Gasteiger partial charge is 0.289 e. The van der Waals surface area contributed by atoms with Crippen molar-refractivity contribution in [2.24, 2.45) is 7.05 Å². The van der Waals surface area contributed by atoms with E-state index in [1.807, 2.05) is 35.6 Å². The van der Waals surface area contributed by atoms with Gasteiger partial charge >= 0.3 is 0 Å². The molecule has 0 amide bonds. The van der Waals surface area contributed by atoms with E-state index in [0.29, 0.717) is 4.71 Å². The highest BCUT2D eigenvalue weighted by atomic mass is 35.5. The second-order valence-corrected chi connectivity index (χ2v) is 5.64. The molecule has 1 aromatic rings. The number of aromatic nitrogens is 1. The van der Waals surface area contributed by atoms with Gasteiger partial charge in [-0.1, -0.05) is 23.4 Å². The summed E-state index contributed by atoms with van der Waals surface area (Å²) in [6.45, 7) is 0. The standard InChI is InChI=1S/C8H9ClN2S2/c1-11-4-5(9)3-6-7(11)10-8(12-2)13-6/h3-4,8H,1-2H3/p+1. The maximum absolute atomic E-state index is 5.95. The molecule has 0 saturated carbocycles. The minimum absolute atomic E-state index is 0.416. The highest BCUT2D eigenvalue weighted by Crippen LogP contribution is 2.40. The van der Waals surface area contributed by atoms with E-state index in [-0.39, 0.29) is 0 Å². The molecule has 0 aromatic carbocycles. The van der Waals surface area contributed by atoms with Gasteiger partial charge in [0.15, 0.2) is 4.71 Å². The Morgan fingerprint density at radius 1 is 1.69 bits per heavy atom. The summed E-state index contributed by atoms with van der Waals surface area (Å²) in [5.41, 5.74) is 0. The van der Waals surface area contributed by atoms with Gasteiger partial charge in [0.05, 0.1) is 12.1 Å². The maximum Gasteiger partial charge on any atom is 0.289 e. The molecule has 0 spiro atoms. The predicted octanol–water partition coefficient (Wildman–Crippen LogP) is 2.33. The molecule has 5 heteroatoms. The van der Waals surface area contributed by atoms with Crippen LogP contribution in [0, 0.1) is 0 Å². The third-order valence-corrected chi connectivity index (χ3v) is 4.39. The molecule has 1 aliphatic rings. The van der Waals surface area contributed by atoms with Crippen molar-refractivity contribution in [2.75, 3.05) is 11.6 Å². The summed E-state index contributed by atoms with van der Waals surface area (Å²) >= 11 is 9.56. The van der Waals surface area contributed by atoms with Gasteiger partial charge < -0.3 is 0 Å². The van der Waals surface area contributed by atoms with Crippen molar-refractivity contribution >= 4 is 40.9 Å². The van der Waals surface area contributed by atoms with Crippen LogP contribution in [0.15, 0.2) is 17.2 Å². The molecule has 0 radical (unpaired) electrons. The van der Waals surface area contributed by atoms with Gasteiger partial charge in [0.25, 0.3) is 5.82 Å². The van der Waals surface area contributed by atoms with E-state index in [0.717, 1.165) is 10.8 Å². The highest BCUT2D eigenvalue weighted by molar-refractivity contribution is 8.17. The zero-order chi connectivity index (χ0) is 9.42. The van der Waals surface area contributed by atoms with Crippen LogP contribution < -0.4 is 9.88 Å². The fourth-order valence-electron chi connectivity index (χ4n) is 1.28. The molecular formula is C8H10ClN2S2+. The van der Waals surface area contributed by atoms with Gasteiger partial charge in [0, 0.05) is 0 Å².